The van der Waals surface area contributed by atoms with Gasteiger partial charge in [-0.15, -0.1) is 11.3 Å². The largest absolute Gasteiger partial charge is 0.338 e. The summed E-state index contributed by atoms with van der Waals surface area (Å²) in [6.45, 7) is 1.12. The number of rotatable bonds is 7. The van der Waals surface area contributed by atoms with E-state index in [1.807, 2.05) is 16.5 Å². The zero-order valence-corrected chi connectivity index (χ0v) is 19.5. The van der Waals surface area contributed by atoms with Gasteiger partial charge in [0.1, 0.15) is 11.1 Å². The van der Waals surface area contributed by atoms with Crippen LogP contribution in [0, 0.1) is 17.2 Å². The van der Waals surface area contributed by atoms with Crippen molar-refractivity contribution >= 4 is 28.2 Å². The minimum atomic E-state index is -0.00483. The van der Waals surface area contributed by atoms with Gasteiger partial charge < -0.3 is 14.8 Å². The summed E-state index contributed by atoms with van der Waals surface area (Å²) in [5, 5.41) is 13.4. The number of aromatic nitrogens is 2. The molecule has 0 unspecified atom stereocenters. The second-order valence-electron chi connectivity index (χ2n) is 8.97. The predicted octanol–water partition coefficient (Wildman–Crippen LogP) is 4.17. The summed E-state index contributed by atoms with van der Waals surface area (Å²) in [5.41, 5.74) is 2.62. The zero-order valence-electron chi connectivity index (χ0n) is 18.7. The van der Waals surface area contributed by atoms with Crippen LogP contribution in [0.5, 0.6) is 0 Å². The predicted molar refractivity (Wildman–Crippen MR) is 124 cm³/mol. The number of anilines is 1. The van der Waals surface area contributed by atoms with Crippen molar-refractivity contribution in [3.8, 4) is 6.07 Å². The summed E-state index contributed by atoms with van der Waals surface area (Å²) in [5.74, 6) is 0.768. The summed E-state index contributed by atoms with van der Waals surface area (Å²) in [6, 6.07) is 2.29. The normalized spacial score (nSPS) is 16.4. The molecule has 32 heavy (non-hydrogen) atoms. The molecule has 2 aliphatic rings. The average molecular weight is 454 g/mol. The van der Waals surface area contributed by atoms with Crippen LogP contribution in [0.2, 0.25) is 0 Å². The van der Waals surface area contributed by atoms with Crippen LogP contribution < -0.4 is 5.32 Å². The number of fused-ring (bicyclic) bond motifs is 1. The molecule has 1 aliphatic heterocycles. The Hall–Kier alpha value is -2.66. The third kappa shape index (κ3) is 5.21. The van der Waals surface area contributed by atoms with Gasteiger partial charge in [-0.1, -0.05) is 32.1 Å². The molecule has 0 bridgehead atoms. The second kappa shape index (κ2) is 10.3. The van der Waals surface area contributed by atoms with E-state index >= 15 is 0 Å². The number of amides is 2. The first-order valence-corrected chi connectivity index (χ1v) is 12.4. The molecule has 1 N–H and O–H groups in total. The van der Waals surface area contributed by atoms with E-state index in [0.29, 0.717) is 55.3 Å². The number of hydrogen-bond acceptors (Lipinski definition) is 5. The number of imidazole rings is 1. The number of thiophene rings is 1. The van der Waals surface area contributed by atoms with E-state index in [1.54, 1.807) is 12.5 Å². The van der Waals surface area contributed by atoms with Crippen molar-refractivity contribution < 1.29 is 9.59 Å². The highest BCUT2D eigenvalue weighted by atomic mass is 32.1. The van der Waals surface area contributed by atoms with Crippen molar-refractivity contribution in [1.82, 2.24) is 14.5 Å². The molecular weight excluding hydrogens is 422 g/mol. The maximum Gasteiger partial charge on any atom is 0.225 e. The zero-order chi connectivity index (χ0) is 22.5. The Morgan fingerprint density at radius 3 is 2.81 bits per heavy atom. The van der Waals surface area contributed by atoms with Crippen molar-refractivity contribution in [1.29, 1.82) is 5.26 Å². The Kier molecular flexibility index (Phi) is 7.26. The van der Waals surface area contributed by atoms with Crippen molar-refractivity contribution in [3.63, 3.8) is 0 Å². The maximum absolute atomic E-state index is 12.8. The van der Waals surface area contributed by atoms with Crippen LogP contribution in [0.4, 0.5) is 5.00 Å². The van der Waals surface area contributed by atoms with Gasteiger partial charge >= 0.3 is 0 Å². The lowest BCUT2D eigenvalue weighted by atomic mass is 9.86. The number of hydrogen-bond donors (Lipinski definition) is 1. The first-order chi connectivity index (χ1) is 15.5. The fraction of sp³-hybridized carbons (Fsp3) is 0.583. The quantitative estimate of drug-likeness (QED) is 0.681. The van der Waals surface area contributed by atoms with Gasteiger partial charge in [-0.3, -0.25) is 9.59 Å². The molecule has 0 saturated heterocycles. The third-order valence-corrected chi connectivity index (χ3v) is 7.92. The Morgan fingerprint density at radius 2 is 2.09 bits per heavy atom. The van der Waals surface area contributed by atoms with Crippen LogP contribution in [0.25, 0.3) is 0 Å². The first-order valence-electron chi connectivity index (χ1n) is 11.6. The van der Waals surface area contributed by atoms with E-state index in [9.17, 15) is 14.9 Å². The van der Waals surface area contributed by atoms with Crippen LogP contribution >= 0.6 is 11.3 Å². The molecule has 2 aromatic rings. The van der Waals surface area contributed by atoms with Crippen molar-refractivity contribution in [2.24, 2.45) is 13.0 Å². The number of carbonyl (C=O) groups excluding carboxylic acids is 2. The molecule has 8 heteroatoms. The SMILES string of the molecule is Cn1cncc1CCC(=O)N1CCc2c(sc(NC(=O)CCC3CCCCC3)c2C#N)C1. The molecule has 170 valence electrons. The van der Waals surface area contributed by atoms with E-state index < -0.39 is 0 Å². The highest BCUT2D eigenvalue weighted by molar-refractivity contribution is 7.16. The standard InChI is InChI=1S/C24H31N5O2S/c1-28-16-26-14-18(28)8-10-23(31)29-12-11-19-20(13-25)24(32-21(19)15-29)27-22(30)9-7-17-5-3-2-4-6-17/h14,16-17H,2-12,15H2,1H3,(H,27,30). The topological polar surface area (TPSA) is 91.0 Å². The van der Waals surface area contributed by atoms with Gasteiger partial charge in [0.15, 0.2) is 0 Å². The first kappa shape index (κ1) is 22.5. The molecule has 1 aliphatic carbocycles. The van der Waals surface area contributed by atoms with E-state index in [2.05, 4.69) is 16.4 Å². The molecule has 0 radical (unpaired) electrons. The molecule has 1 saturated carbocycles. The lowest BCUT2D eigenvalue weighted by Gasteiger charge is -2.27. The van der Waals surface area contributed by atoms with E-state index in [1.165, 1.54) is 43.4 Å². The molecule has 2 amide bonds. The minimum absolute atomic E-state index is 0.00483. The van der Waals surface area contributed by atoms with Gasteiger partial charge in [0.05, 0.1) is 18.4 Å². The second-order valence-corrected chi connectivity index (χ2v) is 10.1. The third-order valence-electron chi connectivity index (χ3n) is 6.79. The van der Waals surface area contributed by atoms with E-state index in [0.717, 1.165) is 22.6 Å². The Bertz CT molecular complexity index is 1010. The van der Waals surface area contributed by atoms with Crippen LogP contribution in [0.1, 0.15) is 73.1 Å². The number of nitrogens with zero attached hydrogens (tertiary/aromatic N) is 4. The molecule has 4 rings (SSSR count). The van der Waals surface area contributed by atoms with Crippen LogP contribution in [-0.2, 0) is 36.0 Å². The van der Waals surface area contributed by atoms with Crippen LogP contribution in [0.15, 0.2) is 12.5 Å². The highest BCUT2D eigenvalue weighted by Crippen LogP contribution is 2.37. The molecule has 1 fully saturated rings. The number of carbonyl (C=O) groups is 2. The number of aryl methyl sites for hydroxylation is 2. The highest BCUT2D eigenvalue weighted by Gasteiger charge is 2.27. The Balaban J connectivity index is 1.34. The Labute approximate surface area is 193 Å². The molecule has 2 aromatic heterocycles. The van der Waals surface area contributed by atoms with E-state index in [4.69, 9.17) is 0 Å². The van der Waals surface area contributed by atoms with Crippen molar-refractivity contribution in [2.45, 2.75) is 70.8 Å². The summed E-state index contributed by atoms with van der Waals surface area (Å²) in [6.07, 6.45) is 13.1. The Morgan fingerprint density at radius 1 is 1.28 bits per heavy atom. The van der Waals surface area contributed by atoms with Crippen molar-refractivity contribution in [3.05, 3.63) is 34.2 Å². The smallest absolute Gasteiger partial charge is 0.225 e. The molecule has 7 nitrogen and oxygen atoms in total. The van der Waals surface area contributed by atoms with Crippen LogP contribution in [-0.4, -0.2) is 32.8 Å². The average Bonchev–Trinajstić information content (AvgIpc) is 3.38. The van der Waals surface area contributed by atoms with Gasteiger partial charge in [0, 0.05) is 43.2 Å². The fourth-order valence-corrected chi connectivity index (χ4v) is 6.07. The minimum Gasteiger partial charge on any atom is -0.338 e. The monoisotopic (exact) mass is 453 g/mol. The van der Waals surface area contributed by atoms with Gasteiger partial charge in [-0.25, -0.2) is 4.98 Å². The summed E-state index contributed by atoms with van der Waals surface area (Å²) < 4.78 is 1.93. The van der Waals surface area contributed by atoms with Gasteiger partial charge in [-0.2, -0.15) is 5.26 Å². The van der Waals surface area contributed by atoms with Gasteiger partial charge in [0.25, 0.3) is 0 Å². The van der Waals surface area contributed by atoms with Crippen molar-refractivity contribution in [2.75, 3.05) is 11.9 Å². The number of nitriles is 1. The molecule has 0 spiro atoms. The summed E-state index contributed by atoms with van der Waals surface area (Å²) >= 11 is 1.45. The van der Waals surface area contributed by atoms with Gasteiger partial charge in [0.2, 0.25) is 11.8 Å². The maximum atomic E-state index is 12.8. The number of nitrogens with one attached hydrogen (secondary N) is 1. The van der Waals surface area contributed by atoms with Gasteiger partial charge in [-0.05, 0) is 30.7 Å². The fourth-order valence-electron chi connectivity index (χ4n) is 4.84. The summed E-state index contributed by atoms with van der Waals surface area (Å²) in [7, 11) is 1.93. The molecular formula is C24H31N5O2S. The molecule has 0 aromatic carbocycles. The molecule has 0 atom stereocenters. The lowest BCUT2D eigenvalue weighted by molar-refractivity contribution is -0.132. The summed E-state index contributed by atoms with van der Waals surface area (Å²) in [4.78, 5) is 32.3. The van der Waals surface area contributed by atoms with Crippen LogP contribution in [0.3, 0.4) is 0 Å². The van der Waals surface area contributed by atoms with E-state index in [-0.39, 0.29) is 11.8 Å². The molecule has 3 heterocycles. The lowest BCUT2D eigenvalue weighted by Crippen LogP contribution is -2.35.